The topological polar surface area (TPSA) is 117 Å². The van der Waals surface area contributed by atoms with Gasteiger partial charge in [0.2, 0.25) is 11.8 Å². The predicted octanol–water partition coefficient (Wildman–Crippen LogP) is 3.77. The van der Waals surface area contributed by atoms with E-state index in [0.717, 1.165) is 30.5 Å². The molecule has 1 aromatic carbocycles. The Morgan fingerprint density at radius 1 is 1.19 bits per heavy atom. The lowest BCUT2D eigenvalue weighted by molar-refractivity contribution is 0.0945. The van der Waals surface area contributed by atoms with Crippen molar-refractivity contribution in [1.82, 2.24) is 24.9 Å². The Bertz CT molecular complexity index is 1440. The number of hydrogen-bond donors (Lipinski definition) is 2. The zero-order valence-corrected chi connectivity index (χ0v) is 19.5. The maximum Gasteiger partial charge on any atom is 0.257 e. The summed E-state index contributed by atoms with van der Waals surface area (Å²) in [5.74, 6) is -1.46. The Hall–Kier alpha value is -4.28. The van der Waals surface area contributed by atoms with Crippen LogP contribution < -0.4 is 20.5 Å². The Morgan fingerprint density at radius 3 is 2.81 bits per heavy atom. The predicted molar refractivity (Wildman–Crippen MR) is 128 cm³/mol. The van der Waals surface area contributed by atoms with E-state index in [-0.39, 0.29) is 35.2 Å². The van der Waals surface area contributed by atoms with E-state index < -0.39 is 17.5 Å². The minimum Gasteiger partial charge on any atom is -0.490 e. The van der Waals surface area contributed by atoms with Crippen molar-refractivity contribution < 1.29 is 23.0 Å². The first-order chi connectivity index (χ1) is 17.4. The van der Waals surface area contributed by atoms with Gasteiger partial charge in [0.15, 0.2) is 17.2 Å². The van der Waals surface area contributed by atoms with Crippen molar-refractivity contribution in [1.29, 1.82) is 0 Å². The quantitative estimate of drug-likeness (QED) is 0.364. The van der Waals surface area contributed by atoms with Crippen LogP contribution in [-0.2, 0) is 6.54 Å². The van der Waals surface area contributed by atoms with Crippen molar-refractivity contribution in [2.24, 2.45) is 5.92 Å². The second-order valence-electron chi connectivity index (χ2n) is 8.51. The first-order valence-corrected chi connectivity index (χ1v) is 11.5. The lowest BCUT2D eigenvalue weighted by Crippen LogP contribution is -2.24. The Kier molecular flexibility index (Phi) is 6.36. The molecule has 0 aliphatic heterocycles. The fourth-order valence-electron chi connectivity index (χ4n) is 3.77. The molecule has 1 amide bonds. The molecule has 3 heterocycles. The molecule has 186 valence electrons. The maximum atomic E-state index is 14.4. The van der Waals surface area contributed by atoms with Crippen LogP contribution in [0.2, 0.25) is 0 Å². The summed E-state index contributed by atoms with van der Waals surface area (Å²) in [6.45, 7) is 2.28. The number of ether oxygens (including phenoxy) is 2. The van der Waals surface area contributed by atoms with E-state index in [1.54, 1.807) is 37.5 Å². The Labute approximate surface area is 205 Å². The van der Waals surface area contributed by atoms with Crippen molar-refractivity contribution in [3.63, 3.8) is 0 Å². The molecule has 4 aromatic rings. The molecule has 1 aliphatic rings. The van der Waals surface area contributed by atoms with Gasteiger partial charge in [-0.3, -0.25) is 4.79 Å². The lowest BCUT2D eigenvalue weighted by Gasteiger charge is -2.15. The summed E-state index contributed by atoms with van der Waals surface area (Å²) in [6, 6.07) is 7.12. The summed E-state index contributed by atoms with van der Waals surface area (Å²) in [7, 11) is 0. The van der Waals surface area contributed by atoms with Gasteiger partial charge in [-0.05, 0) is 55.5 Å². The number of amides is 1. The minimum atomic E-state index is -0.803. The van der Waals surface area contributed by atoms with Crippen LogP contribution in [0.15, 0.2) is 42.7 Å². The third-order valence-corrected chi connectivity index (χ3v) is 5.75. The molecule has 0 saturated heterocycles. The molecule has 9 nitrogen and oxygen atoms in total. The fraction of sp³-hybridized carbons (Fsp3) is 0.280. The second kappa shape index (κ2) is 9.76. The van der Waals surface area contributed by atoms with Crippen molar-refractivity contribution in [2.45, 2.75) is 26.3 Å². The first-order valence-electron chi connectivity index (χ1n) is 11.5. The third kappa shape index (κ3) is 5.04. The van der Waals surface area contributed by atoms with Crippen LogP contribution in [0, 0.1) is 17.6 Å². The number of nitrogens with zero attached hydrogens (tertiary/aromatic N) is 4. The molecule has 3 aromatic heterocycles. The highest BCUT2D eigenvalue weighted by Gasteiger charge is 2.24. The molecule has 11 heteroatoms. The largest absolute Gasteiger partial charge is 0.490 e. The summed E-state index contributed by atoms with van der Waals surface area (Å²) < 4.78 is 41.0. The highest BCUT2D eigenvalue weighted by Crippen LogP contribution is 2.32. The van der Waals surface area contributed by atoms with E-state index in [9.17, 15) is 13.6 Å². The monoisotopic (exact) mass is 494 g/mol. The molecule has 1 fully saturated rings. The molecule has 36 heavy (non-hydrogen) atoms. The minimum absolute atomic E-state index is 0.0543. The zero-order valence-electron chi connectivity index (χ0n) is 19.5. The number of hydrogen-bond acceptors (Lipinski definition) is 7. The van der Waals surface area contributed by atoms with Gasteiger partial charge in [0.25, 0.3) is 5.91 Å². The van der Waals surface area contributed by atoms with Crippen LogP contribution in [0.1, 0.15) is 35.7 Å². The maximum absolute atomic E-state index is 14.4. The average Bonchev–Trinajstić information content (AvgIpc) is 3.60. The van der Waals surface area contributed by atoms with Crippen molar-refractivity contribution in [3.8, 4) is 22.8 Å². The molecule has 3 N–H and O–H groups in total. The van der Waals surface area contributed by atoms with E-state index in [0.29, 0.717) is 30.3 Å². The number of nitrogens with one attached hydrogen (secondary N) is 1. The number of benzene rings is 1. The number of carbonyl (C=O) groups is 1. The number of fused-ring (bicyclic) bond motifs is 1. The fourth-order valence-corrected chi connectivity index (χ4v) is 3.77. The Morgan fingerprint density at radius 2 is 2.03 bits per heavy atom. The number of nitrogens with two attached hydrogens (primary N) is 1. The standard InChI is InChI=1S/C25H24F2N6O3/c1-2-35-24-19(8-16(11-30-24)15-5-6-33-21(9-15)31-25(28)32-33)23(34)29-12-17-7-18(26)10-20(27)22(17)36-13-14-3-4-14/h5-11,14H,2-4,12-13H2,1H3,(H2,28,32)(H,29,34). The zero-order chi connectivity index (χ0) is 25.2. The summed E-state index contributed by atoms with van der Waals surface area (Å²) in [4.78, 5) is 21.6. The molecular weight excluding hydrogens is 470 g/mol. The van der Waals surface area contributed by atoms with E-state index in [1.807, 2.05) is 0 Å². The molecule has 0 bridgehead atoms. The number of aromatic nitrogens is 4. The molecule has 0 spiro atoms. The molecular formula is C25H24F2N6O3. The third-order valence-electron chi connectivity index (χ3n) is 5.75. The molecule has 1 aliphatic carbocycles. The van der Waals surface area contributed by atoms with Gasteiger partial charge in [-0.1, -0.05) is 0 Å². The molecule has 0 radical (unpaired) electrons. The smallest absolute Gasteiger partial charge is 0.257 e. The van der Waals surface area contributed by atoms with Crippen LogP contribution in [0.3, 0.4) is 0 Å². The first kappa shape index (κ1) is 23.5. The van der Waals surface area contributed by atoms with E-state index >= 15 is 0 Å². The van der Waals surface area contributed by atoms with Crippen molar-refractivity contribution in [3.05, 3.63) is 65.5 Å². The lowest BCUT2D eigenvalue weighted by atomic mass is 10.1. The molecule has 1 saturated carbocycles. The summed E-state index contributed by atoms with van der Waals surface area (Å²) in [5.41, 5.74) is 7.96. The van der Waals surface area contributed by atoms with Gasteiger partial charge < -0.3 is 20.5 Å². The van der Waals surface area contributed by atoms with Crippen LogP contribution in [0.25, 0.3) is 16.8 Å². The van der Waals surface area contributed by atoms with Crippen molar-refractivity contribution in [2.75, 3.05) is 18.9 Å². The number of anilines is 1. The van der Waals surface area contributed by atoms with Gasteiger partial charge in [0, 0.05) is 36.1 Å². The Balaban J connectivity index is 1.40. The number of carbonyl (C=O) groups excluding carboxylic acids is 1. The van der Waals surface area contributed by atoms with E-state index in [1.165, 1.54) is 4.52 Å². The van der Waals surface area contributed by atoms with Crippen LogP contribution in [-0.4, -0.2) is 38.7 Å². The van der Waals surface area contributed by atoms with Gasteiger partial charge in [0.1, 0.15) is 11.4 Å². The summed E-state index contributed by atoms with van der Waals surface area (Å²) in [6.07, 6.45) is 5.33. The van der Waals surface area contributed by atoms with Crippen LogP contribution in [0.4, 0.5) is 14.7 Å². The van der Waals surface area contributed by atoms with Gasteiger partial charge >= 0.3 is 0 Å². The van der Waals surface area contributed by atoms with E-state index in [4.69, 9.17) is 15.2 Å². The van der Waals surface area contributed by atoms with Crippen molar-refractivity contribution >= 4 is 17.5 Å². The second-order valence-corrected chi connectivity index (χ2v) is 8.51. The summed E-state index contributed by atoms with van der Waals surface area (Å²) >= 11 is 0. The SMILES string of the molecule is CCOc1ncc(-c2ccn3nc(N)nc3c2)cc1C(=O)NCc1cc(F)cc(F)c1OCC1CC1. The number of halogens is 2. The van der Waals surface area contributed by atoms with Gasteiger partial charge in [-0.2, -0.15) is 4.98 Å². The normalized spacial score (nSPS) is 13.1. The van der Waals surface area contributed by atoms with E-state index in [2.05, 4.69) is 20.4 Å². The van der Waals surface area contributed by atoms with Gasteiger partial charge in [0.05, 0.1) is 13.2 Å². The summed E-state index contributed by atoms with van der Waals surface area (Å²) in [5, 5.41) is 6.76. The molecule has 5 rings (SSSR count). The number of nitrogen functional groups attached to an aromatic ring is 1. The number of pyridine rings is 2. The highest BCUT2D eigenvalue weighted by atomic mass is 19.1. The molecule has 0 atom stereocenters. The van der Waals surface area contributed by atoms with Gasteiger partial charge in [-0.15, -0.1) is 5.10 Å². The van der Waals surface area contributed by atoms with Crippen LogP contribution in [0.5, 0.6) is 11.6 Å². The van der Waals surface area contributed by atoms with Gasteiger partial charge in [-0.25, -0.2) is 18.3 Å². The molecule has 0 unspecified atom stereocenters. The van der Waals surface area contributed by atoms with Crippen LogP contribution >= 0.6 is 0 Å². The highest BCUT2D eigenvalue weighted by molar-refractivity contribution is 5.97. The average molecular weight is 495 g/mol. The number of rotatable bonds is 9.